The van der Waals surface area contributed by atoms with Crippen molar-refractivity contribution in [3.05, 3.63) is 72.7 Å². The quantitative estimate of drug-likeness (QED) is 0.470. The number of rotatable bonds is 3. The van der Waals surface area contributed by atoms with Gasteiger partial charge in [0, 0.05) is 49.3 Å². The highest BCUT2D eigenvalue weighted by Gasteiger charge is 2.13. The average molecular weight is 379 g/mol. The Morgan fingerprint density at radius 1 is 0.828 bits per heavy atom. The van der Waals surface area contributed by atoms with Gasteiger partial charge in [-0.05, 0) is 42.5 Å². The zero-order valence-corrected chi connectivity index (χ0v) is 15.8. The summed E-state index contributed by atoms with van der Waals surface area (Å²) in [5.41, 5.74) is 4.84. The molecule has 140 valence electrons. The summed E-state index contributed by atoms with van der Waals surface area (Å²) < 4.78 is 3.98. The number of hydrogen-bond donors (Lipinski definition) is 0. The first-order valence-corrected chi connectivity index (χ1v) is 9.56. The lowest BCUT2D eigenvalue weighted by atomic mass is 10.2. The fourth-order valence-corrected chi connectivity index (χ4v) is 3.95. The molecule has 6 aromatic rings. The van der Waals surface area contributed by atoms with Crippen molar-refractivity contribution >= 4 is 38.5 Å². The molecule has 0 atom stereocenters. The molecule has 0 aliphatic carbocycles. The highest BCUT2D eigenvalue weighted by molar-refractivity contribution is 6.02. The lowest BCUT2D eigenvalue weighted by molar-refractivity contribution is 0.756. The number of benzene rings is 1. The van der Waals surface area contributed by atoms with Crippen molar-refractivity contribution in [2.24, 2.45) is 7.05 Å². The van der Waals surface area contributed by atoms with Gasteiger partial charge in [0.2, 0.25) is 0 Å². The maximum Gasteiger partial charge on any atom is 0.164 e. The standard InChI is InChI=1S/C22H17N7/c1-28-18-7-6-16-14(4-2-11-23-16)21(18)26-20(28)9-8-19-25-22-15-5-3-12-24-17(15)10-13-29(22)27-19/h2-7,10-13H,8-9H2,1H3. The second-order valence-corrected chi connectivity index (χ2v) is 7.14. The molecule has 0 unspecified atom stereocenters. The Kier molecular flexibility index (Phi) is 3.37. The number of aromatic nitrogens is 7. The third-order valence-corrected chi connectivity index (χ3v) is 5.43. The van der Waals surface area contributed by atoms with Crippen molar-refractivity contribution in [1.82, 2.24) is 34.1 Å². The van der Waals surface area contributed by atoms with Gasteiger partial charge >= 0.3 is 0 Å². The first-order chi connectivity index (χ1) is 14.3. The van der Waals surface area contributed by atoms with E-state index in [0.29, 0.717) is 0 Å². The molecular formula is C22H17N7. The Labute approximate surface area is 165 Å². The molecule has 0 saturated heterocycles. The van der Waals surface area contributed by atoms with Gasteiger partial charge in [-0.1, -0.05) is 0 Å². The van der Waals surface area contributed by atoms with Gasteiger partial charge in [-0.3, -0.25) is 9.97 Å². The van der Waals surface area contributed by atoms with Gasteiger partial charge in [-0.2, -0.15) is 5.10 Å². The highest BCUT2D eigenvalue weighted by atomic mass is 15.3. The number of fused-ring (bicyclic) bond motifs is 6. The molecule has 0 bridgehead atoms. The van der Waals surface area contributed by atoms with Crippen molar-refractivity contribution in [3.8, 4) is 0 Å². The molecule has 5 aromatic heterocycles. The van der Waals surface area contributed by atoms with Gasteiger partial charge in [-0.25, -0.2) is 14.5 Å². The fraction of sp³-hybridized carbons (Fsp3) is 0.136. The summed E-state index contributed by atoms with van der Waals surface area (Å²) in [6.45, 7) is 0. The van der Waals surface area contributed by atoms with Crippen LogP contribution >= 0.6 is 0 Å². The summed E-state index contributed by atoms with van der Waals surface area (Å²) in [4.78, 5) is 18.5. The third kappa shape index (κ3) is 2.47. The van der Waals surface area contributed by atoms with E-state index >= 15 is 0 Å². The van der Waals surface area contributed by atoms with Crippen molar-refractivity contribution in [1.29, 1.82) is 0 Å². The predicted molar refractivity (Wildman–Crippen MR) is 112 cm³/mol. The Hall–Kier alpha value is -3.87. The van der Waals surface area contributed by atoms with Gasteiger partial charge in [0.1, 0.15) is 5.82 Å². The van der Waals surface area contributed by atoms with Crippen LogP contribution in [0.25, 0.3) is 38.5 Å². The fourth-order valence-electron chi connectivity index (χ4n) is 3.95. The molecule has 0 aliphatic rings. The van der Waals surface area contributed by atoms with Crippen LogP contribution in [0, 0.1) is 0 Å². The van der Waals surface area contributed by atoms with Crippen LogP contribution in [0.5, 0.6) is 0 Å². The third-order valence-electron chi connectivity index (χ3n) is 5.43. The van der Waals surface area contributed by atoms with Crippen LogP contribution in [-0.4, -0.2) is 34.1 Å². The number of hydrogen-bond acceptors (Lipinski definition) is 5. The molecule has 0 fully saturated rings. The predicted octanol–water partition coefficient (Wildman–Crippen LogP) is 3.50. The van der Waals surface area contributed by atoms with Gasteiger partial charge in [0.25, 0.3) is 0 Å². The number of aryl methyl sites for hydroxylation is 3. The summed E-state index contributed by atoms with van der Waals surface area (Å²) >= 11 is 0. The molecule has 1 aromatic carbocycles. The topological polar surface area (TPSA) is 73.8 Å². The summed E-state index contributed by atoms with van der Waals surface area (Å²) in [7, 11) is 2.06. The summed E-state index contributed by atoms with van der Waals surface area (Å²) in [6, 6.07) is 14.1. The van der Waals surface area contributed by atoms with Gasteiger partial charge in [-0.15, -0.1) is 0 Å². The summed E-state index contributed by atoms with van der Waals surface area (Å²) in [6.07, 6.45) is 7.00. The monoisotopic (exact) mass is 379 g/mol. The van der Waals surface area contributed by atoms with Gasteiger partial charge in [0.05, 0.1) is 22.1 Å². The van der Waals surface area contributed by atoms with Crippen LogP contribution < -0.4 is 0 Å². The molecule has 0 aliphatic heterocycles. The van der Waals surface area contributed by atoms with E-state index in [1.54, 1.807) is 6.20 Å². The minimum Gasteiger partial charge on any atom is -0.331 e. The number of nitrogens with zero attached hydrogens (tertiary/aromatic N) is 7. The van der Waals surface area contributed by atoms with Crippen molar-refractivity contribution in [2.45, 2.75) is 12.8 Å². The van der Waals surface area contributed by atoms with E-state index in [-0.39, 0.29) is 0 Å². The Balaban J connectivity index is 1.38. The first-order valence-electron chi connectivity index (χ1n) is 9.56. The molecule has 0 N–H and O–H groups in total. The summed E-state index contributed by atoms with van der Waals surface area (Å²) in [5.74, 6) is 1.82. The smallest absolute Gasteiger partial charge is 0.164 e. The molecule has 0 saturated carbocycles. The molecule has 0 radical (unpaired) electrons. The number of imidazole rings is 1. The molecule has 7 nitrogen and oxygen atoms in total. The van der Waals surface area contributed by atoms with Crippen LogP contribution in [0.1, 0.15) is 11.6 Å². The van der Waals surface area contributed by atoms with Crippen LogP contribution in [0.2, 0.25) is 0 Å². The molecule has 0 amide bonds. The van der Waals surface area contributed by atoms with E-state index in [1.165, 1.54) is 0 Å². The number of pyridine rings is 3. The molecule has 6 rings (SSSR count). The van der Waals surface area contributed by atoms with Crippen LogP contribution in [0.4, 0.5) is 0 Å². The molecule has 29 heavy (non-hydrogen) atoms. The van der Waals surface area contributed by atoms with E-state index in [2.05, 4.69) is 38.8 Å². The zero-order valence-electron chi connectivity index (χ0n) is 15.8. The van der Waals surface area contributed by atoms with Gasteiger partial charge < -0.3 is 4.57 Å². The Morgan fingerprint density at radius 2 is 1.62 bits per heavy atom. The molecule has 5 heterocycles. The van der Waals surface area contributed by atoms with Crippen molar-refractivity contribution in [3.63, 3.8) is 0 Å². The van der Waals surface area contributed by atoms with E-state index in [1.807, 2.05) is 47.2 Å². The summed E-state index contributed by atoms with van der Waals surface area (Å²) in [5, 5.41) is 6.73. The van der Waals surface area contributed by atoms with Crippen molar-refractivity contribution in [2.75, 3.05) is 0 Å². The molecule has 0 spiro atoms. The second kappa shape index (κ2) is 6.07. The minimum absolute atomic E-state index is 0.719. The Bertz CT molecular complexity index is 1530. The van der Waals surface area contributed by atoms with E-state index in [4.69, 9.17) is 9.97 Å². The van der Waals surface area contributed by atoms with Crippen molar-refractivity contribution < 1.29 is 0 Å². The lowest BCUT2D eigenvalue weighted by Crippen LogP contribution is -2.01. The highest BCUT2D eigenvalue weighted by Crippen LogP contribution is 2.24. The molecular weight excluding hydrogens is 362 g/mol. The maximum atomic E-state index is 4.91. The van der Waals surface area contributed by atoms with E-state index in [9.17, 15) is 0 Å². The maximum absolute atomic E-state index is 4.91. The first kappa shape index (κ1) is 16.1. The molecule has 7 heteroatoms. The van der Waals surface area contributed by atoms with E-state index < -0.39 is 0 Å². The Morgan fingerprint density at radius 3 is 2.48 bits per heavy atom. The normalized spacial score (nSPS) is 11.9. The second-order valence-electron chi connectivity index (χ2n) is 7.14. The van der Waals surface area contributed by atoms with Gasteiger partial charge in [0.15, 0.2) is 11.5 Å². The van der Waals surface area contributed by atoms with Crippen LogP contribution in [0.15, 0.2) is 61.1 Å². The lowest BCUT2D eigenvalue weighted by Gasteiger charge is -2.01. The zero-order chi connectivity index (χ0) is 19.4. The SMILES string of the molecule is Cn1c(CCc2nc3c4cccnc4ccn3n2)nc2c3cccnc3ccc21. The minimum atomic E-state index is 0.719. The van der Waals surface area contributed by atoms with Crippen LogP contribution in [0.3, 0.4) is 0 Å². The largest absolute Gasteiger partial charge is 0.331 e. The van der Waals surface area contributed by atoms with E-state index in [0.717, 1.165) is 63.0 Å². The average Bonchev–Trinajstić information content (AvgIpc) is 3.33. The van der Waals surface area contributed by atoms with Crippen LogP contribution in [-0.2, 0) is 19.9 Å².